The highest BCUT2D eigenvalue weighted by molar-refractivity contribution is 6.31. The third kappa shape index (κ3) is 6.72. The van der Waals surface area contributed by atoms with E-state index in [4.69, 9.17) is 25.6 Å². The molecular formula is C29H27ClN2O6. The summed E-state index contributed by atoms with van der Waals surface area (Å²) in [5.74, 6) is 0.846. The van der Waals surface area contributed by atoms with Crippen LogP contribution in [0.1, 0.15) is 35.5 Å². The molecule has 38 heavy (non-hydrogen) atoms. The Bertz CT molecular complexity index is 1400. The number of aromatic nitrogens is 1. The minimum Gasteiger partial charge on any atom is -0.489 e. The molecule has 1 aromatic heterocycles. The molecule has 8 nitrogen and oxygen atoms in total. The summed E-state index contributed by atoms with van der Waals surface area (Å²) in [4.78, 5) is 24.0. The van der Waals surface area contributed by atoms with Crippen LogP contribution in [0.5, 0.6) is 5.75 Å². The number of rotatable bonds is 9. The molecule has 0 unspecified atom stereocenters. The first-order valence-electron chi connectivity index (χ1n) is 11.9. The number of nitrogens with one attached hydrogen (secondary N) is 1. The first-order chi connectivity index (χ1) is 18.3. The van der Waals surface area contributed by atoms with Gasteiger partial charge < -0.3 is 18.7 Å². The van der Waals surface area contributed by atoms with E-state index in [1.54, 1.807) is 19.9 Å². The van der Waals surface area contributed by atoms with E-state index in [9.17, 15) is 9.59 Å². The van der Waals surface area contributed by atoms with Gasteiger partial charge in [0.05, 0.1) is 13.5 Å². The quantitative estimate of drug-likeness (QED) is 0.233. The molecule has 0 spiro atoms. The second-order valence-corrected chi connectivity index (χ2v) is 8.95. The zero-order valence-corrected chi connectivity index (χ0v) is 22.0. The highest BCUT2D eigenvalue weighted by atomic mass is 35.5. The average Bonchev–Trinajstić information content (AvgIpc) is 3.28. The van der Waals surface area contributed by atoms with Crippen molar-refractivity contribution < 1.29 is 28.3 Å². The summed E-state index contributed by atoms with van der Waals surface area (Å²) in [6.07, 6.45) is -0.974. The Hall–Kier alpha value is -4.30. The number of amides is 1. The number of nitrogens with zero attached hydrogens (tertiary/aromatic N) is 1. The standard InChI is InChI=1S/C29H27ClN2O6/c1-18(24-6-4-5-7-25(24)30)37-29(34)31-27-19(2)38-32-28(27)22-12-8-21(9-13-22)17-36-23-14-10-20(11-15-23)16-26(33)35-3/h4-15,18H,16-17H2,1-3H3,(H,31,34)/t18-/m1/s1. The van der Waals surface area contributed by atoms with Crippen LogP contribution in [0.15, 0.2) is 77.3 Å². The normalized spacial score (nSPS) is 11.5. The van der Waals surface area contributed by atoms with Crippen LogP contribution in [0.4, 0.5) is 10.5 Å². The lowest BCUT2D eigenvalue weighted by Crippen LogP contribution is -2.17. The maximum Gasteiger partial charge on any atom is 0.412 e. The van der Waals surface area contributed by atoms with Crippen LogP contribution >= 0.6 is 11.6 Å². The minimum absolute atomic E-state index is 0.217. The van der Waals surface area contributed by atoms with Gasteiger partial charge in [0.25, 0.3) is 0 Å². The molecule has 0 aliphatic carbocycles. The average molecular weight is 535 g/mol. The molecular weight excluding hydrogens is 508 g/mol. The van der Waals surface area contributed by atoms with Crippen molar-refractivity contribution >= 4 is 29.4 Å². The summed E-state index contributed by atoms with van der Waals surface area (Å²) < 4.78 is 21.4. The van der Waals surface area contributed by atoms with Crippen LogP contribution in [0.2, 0.25) is 5.02 Å². The summed E-state index contributed by atoms with van der Waals surface area (Å²) in [5, 5.41) is 7.39. The zero-order valence-electron chi connectivity index (χ0n) is 21.2. The van der Waals surface area contributed by atoms with E-state index >= 15 is 0 Å². The Labute approximate surface area is 225 Å². The van der Waals surface area contributed by atoms with Gasteiger partial charge in [0.1, 0.15) is 29.8 Å². The van der Waals surface area contributed by atoms with Gasteiger partial charge in [0.2, 0.25) is 0 Å². The second kappa shape index (κ2) is 12.3. The minimum atomic E-state index is -0.646. The SMILES string of the molecule is COC(=O)Cc1ccc(OCc2ccc(-c3noc(C)c3NC(=O)O[C@H](C)c3ccccc3Cl)cc2)cc1. The fourth-order valence-corrected chi connectivity index (χ4v) is 4.03. The molecule has 0 saturated carbocycles. The molecule has 0 fully saturated rings. The lowest BCUT2D eigenvalue weighted by atomic mass is 10.1. The van der Waals surface area contributed by atoms with Gasteiger partial charge >= 0.3 is 12.1 Å². The van der Waals surface area contributed by atoms with Crippen molar-refractivity contribution in [2.75, 3.05) is 12.4 Å². The Balaban J connectivity index is 1.37. The fourth-order valence-electron chi connectivity index (χ4n) is 3.74. The van der Waals surface area contributed by atoms with Crippen LogP contribution in [0.25, 0.3) is 11.3 Å². The molecule has 1 atom stereocenters. The number of benzene rings is 3. The van der Waals surface area contributed by atoms with Crippen LogP contribution in [-0.4, -0.2) is 24.3 Å². The lowest BCUT2D eigenvalue weighted by molar-refractivity contribution is -0.139. The molecule has 4 aromatic rings. The third-order valence-corrected chi connectivity index (χ3v) is 6.19. The van der Waals surface area contributed by atoms with Gasteiger partial charge in [-0.3, -0.25) is 10.1 Å². The molecule has 3 aromatic carbocycles. The third-order valence-electron chi connectivity index (χ3n) is 5.85. The maximum atomic E-state index is 12.6. The highest BCUT2D eigenvalue weighted by Gasteiger charge is 2.20. The molecule has 1 N–H and O–H groups in total. The van der Waals surface area contributed by atoms with E-state index < -0.39 is 12.2 Å². The van der Waals surface area contributed by atoms with Crippen LogP contribution in [-0.2, 0) is 27.3 Å². The number of carbonyl (C=O) groups is 2. The molecule has 0 saturated heterocycles. The van der Waals surface area contributed by atoms with Crippen molar-refractivity contribution in [2.24, 2.45) is 0 Å². The number of carbonyl (C=O) groups excluding carboxylic acids is 2. The topological polar surface area (TPSA) is 99.9 Å². The van der Waals surface area contributed by atoms with Gasteiger partial charge in [0.15, 0.2) is 5.76 Å². The smallest absolute Gasteiger partial charge is 0.412 e. The summed E-state index contributed by atoms with van der Waals surface area (Å²) >= 11 is 6.21. The first kappa shape index (κ1) is 26.8. The molecule has 196 valence electrons. The fraction of sp³-hybridized carbons (Fsp3) is 0.207. The second-order valence-electron chi connectivity index (χ2n) is 8.54. The molecule has 1 heterocycles. The molecule has 4 rings (SSSR count). The van der Waals surface area contributed by atoms with Gasteiger partial charge in [-0.1, -0.05) is 71.4 Å². The molecule has 0 aliphatic rings. The van der Waals surface area contributed by atoms with Gasteiger partial charge in [-0.05, 0) is 43.2 Å². The van der Waals surface area contributed by atoms with Gasteiger partial charge in [-0.25, -0.2) is 4.79 Å². The Morgan fingerprint density at radius 1 is 1.00 bits per heavy atom. The number of ether oxygens (including phenoxy) is 3. The predicted molar refractivity (Wildman–Crippen MR) is 143 cm³/mol. The summed E-state index contributed by atoms with van der Waals surface area (Å²) in [7, 11) is 1.37. The predicted octanol–water partition coefficient (Wildman–Crippen LogP) is 6.91. The number of anilines is 1. The Morgan fingerprint density at radius 2 is 1.68 bits per heavy atom. The van der Waals surface area contributed by atoms with Crippen LogP contribution < -0.4 is 10.1 Å². The van der Waals surface area contributed by atoms with E-state index in [-0.39, 0.29) is 12.4 Å². The van der Waals surface area contributed by atoms with E-state index in [0.717, 1.165) is 16.7 Å². The molecule has 9 heteroatoms. The lowest BCUT2D eigenvalue weighted by Gasteiger charge is -2.15. The van der Waals surface area contributed by atoms with Crippen molar-refractivity contribution in [1.82, 2.24) is 5.16 Å². The number of hydrogen-bond acceptors (Lipinski definition) is 7. The van der Waals surface area contributed by atoms with E-state index in [1.807, 2.05) is 66.7 Å². The van der Waals surface area contributed by atoms with Crippen molar-refractivity contribution in [3.63, 3.8) is 0 Å². The molecule has 0 radical (unpaired) electrons. The number of aryl methyl sites for hydroxylation is 1. The largest absolute Gasteiger partial charge is 0.489 e. The Kier molecular flexibility index (Phi) is 8.66. The number of hydrogen-bond donors (Lipinski definition) is 1. The van der Waals surface area contributed by atoms with Crippen LogP contribution in [0, 0.1) is 6.92 Å². The van der Waals surface area contributed by atoms with E-state index in [0.29, 0.717) is 40.1 Å². The number of esters is 1. The molecule has 0 aliphatic heterocycles. The van der Waals surface area contributed by atoms with Crippen molar-refractivity contribution in [3.05, 3.63) is 100 Å². The van der Waals surface area contributed by atoms with Crippen molar-refractivity contribution in [3.8, 4) is 17.0 Å². The maximum absolute atomic E-state index is 12.6. The van der Waals surface area contributed by atoms with Crippen molar-refractivity contribution in [2.45, 2.75) is 33.0 Å². The first-order valence-corrected chi connectivity index (χ1v) is 12.3. The monoisotopic (exact) mass is 534 g/mol. The summed E-state index contributed by atoms with van der Waals surface area (Å²) in [6.45, 7) is 3.81. The van der Waals surface area contributed by atoms with Gasteiger partial charge in [-0.15, -0.1) is 0 Å². The van der Waals surface area contributed by atoms with Crippen molar-refractivity contribution in [1.29, 1.82) is 0 Å². The number of halogens is 1. The van der Waals surface area contributed by atoms with Gasteiger partial charge in [0, 0.05) is 16.1 Å². The zero-order chi connectivity index (χ0) is 27.1. The van der Waals surface area contributed by atoms with Crippen LogP contribution in [0.3, 0.4) is 0 Å². The number of methoxy groups -OCH3 is 1. The highest BCUT2D eigenvalue weighted by Crippen LogP contribution is 2.31. The van der Waals surface area contributed by atoms with Gasteiger partial charge in [-0.2, -0.15) is 0 Å². The summed E-state index contributed by atoms with van der Waals surface area (Å²) in [6, 6.07) is 22.1. The van der Waals surface area contributed by atoms with E-state index in [1.165, 1.54) is 7.11 Å². The molecule has 1 amide bonds. The van der Waals surface area contributed by atoms with E-state index in [2.05, 4.69) is 15.2 Å². The molecule has 0 bridgehead atoms. The Morgan fingerprint density at radius 3 is 2.37 bits per heavy atom. The summed E-state index contributed by atoms with van der Waals surface area (Å²) in [5.41, 5.74) is 4.17.